The number of unbranched alkanes of at least 4 members (excludes halogenated alkanes) is 1. The number of rotatable bonds is 4. The standard InChI is InChI=1S/C14H18N2S/c1-3-4-9-13-10(2)16-14(17-13)11-7-5-6-8-12(11)15/h5-8H,3-4,9,15H2,1-2H3. The molecule has 0 unspecified atom stereocenters. The van der Waals surface area contributed by atoms with Crippen LogP contribution in [0.25, 0.3) is 10.6 Å². The van der Waals surface area contributed by atoms with Crippen molar-refractivity contribution in [1.29, 1.82) is 0 Å². The van der Waals surface area contributed by atoms with Crippen LogP contribution in [-0.2, 0) is 6.42 Å². The summed E-state index contributed by atoms with van der Waals surface area (Å²) < 4.78 is 0. The lowest BCUT2D eigenvalue weighted by molar-refractivity contribution is 0.798. The molecular formula is C14H18N2S. The van der Waals surface area contributed by atoms with Gasteiger partial charge in [0.05, 0.1) is 5.69 Å². The third-order valence-electron chi connectivity index (χ3n) is 2.84. The fourth-order valence-electron chi connectivity index (χ4n) is 1.80. The Morgan fingerprint density at radius 1 is 1.29 bits per heavy atom. The first-order chi connectivity index (χ1) is 8.22. The Morgan fingerprint density at radius 2 is 2.06 bits per heavy atom. The van der Waals surface area contributed by atoms with Gasteiger partial charge in [-0.15, -0.1) is 11.3 Å². The summed E-state index contributed by atoms with van der Waals surface area (Å²) >= 11 is 1.78. The van der Waals surface area contributed by atoms with Crippen LogP contribution in [0.2, 0.25) is 0 Å². The predicted molar refractivity (Wildman–Crippen MR) is 75.3 cm³/mol. The van der Waals surface area contributed by atoms with Crippen LogP contribution in [0.4, 0.5) is 5.69 Å². The van der Waals surface area contributed by atoms with Crippen LogP contribution in [0.3, 0.4) is 0 Å². The minimum Gasteiger partial charge on any atom is -0.398 e. The summed E-state index contributed by atoms with van der Waals surface area (Å²) in [6, 6.07) is 7.93. The molecule has 0 fully saturated rings. The van der Waals surface area contributed by atoms with Gasteiger partial charge in [-0.3, -0.25) is 0 Å². The highest BCUT2D eigenvalue weighted by Crippen LogP contribution is 2.32. The topological polar surface area (TPSA) is 38.9 Å². The lowest BCUT2D eigenvalue weighted by Crippen LogP contribution is -1.88. The molecule has 0 aliphatic rings. The number of nitrogens with zero attached hydrogens (tertiary/aromatic N) is 1. The number of nitrogen functional groups attached to an aromatic ring is 1. The van der Waals surface area contributed by atoms with Gasteiger partial charge in [0.25, 0.3) is 0 Å². The number of thiazole rings is 1. The van der Waals surface area contributed by atoms with Gasteiger partial charge in [0.1, 0.15) is 5.01 Å². The maximum absolute atomic E-state index is 5.98. The normalized spacial score (nSPS) is 10.7. The van der Waals surface area contributed by atoms with Crippen molar-refractivity contribution < 1.29 is 0 Å². The van der Waals surface area contributed by atoms with Crippen molar-refractivity contribution in [2.75, 3.05) is 5.73 Å². The minimum absolute atomic E-state index is 0.809. The molecular weight excluding hydrogens is 228 g/mol. The molecule has 2 N–H and O–H groups in total. The van der Waals surface area contributed by atoms with E-state index in [2.05, 4.69) is 18.8 Å². The molecule has 0 saturated carbocycles. The summed E-state index contributed by atoms with van der Waals surface area (Å²) in [5.74, 6) is 0. The summed E-state index contributed by atoms with van der Waals surface area (Å²) in [5.41, 5.74) is 9.00. The molecule has 3 heteroatoms. The molecule has 1 aromatic heterocycles. The van der Waals surface area contributed by atoms with Crippen LogP contribution in [-0.4, -0.2) is 4.98 Å². The first kappa shape index (κ1) is 12.1. The van der Waals surface area contributed by atoms with E-state index in [9.17, 15) is 0 Å². The average molecular weight is 246 g/mol. The smallest absolute Gasteiger partial charge is 0.125 e. The molecule has 0 saturated heterocycles. The maximum Gasteiger partial charge on any atom is 0.125 e. The minimum atomic E-state index is 0.809. The van der Waals surface area contributed by atoms with Crippen LogP contribution >= 0.6 is 11.3 Å². The van der Waals surface area contributed by atoms with Crippen LogP contribution in [0.1, 0.15) is 30.3 Å². The molecule has 2 aromatic rings. The van der Waals surface area contributed by atoms with E-state index in [0.717, 1.165) is 28.4 Å². The second kappa shape index (κ2) is 5.32. The molecule has 1 heterocycles. The largest absolute Gasteiger partial charge is 0.398 e. The van der Waals surface area contributed by atoms with Gasteiger partial charge in [0.15, 0.2) is 0 Å². The molecule has 0 radical (unpaired) electrons. The molecule has 1 aromatic carbocycles. The lowest BCUT2D eigenvalue weighted by Gasteiger charge is -1.99. The van der Waals surface area contributed by atoms with E-state index in [4.69, 9.17) is 5.73 Å². The van der Waals surface area contributed by atoms with Crippen molar-refractivity contribution in [2.45, 2.75) is 33.1 Å². The Labute approximate surface area is 107 Å². The van der Waals surface area contributed by atoms with Crippen LogP contribution in [0.15, 0.2) is 24.3 Å². The fourth-order valence-corrected chi connectivity index (χ4v) is 2.96. The van der Waals surface area contributed by atoms with Crippen molar-refractivity contribution in [3.05, 3.63) is 34.8 Å². The van der Waals surface area contributed by atoms with Gasteiger partial charge in [0, 0.05) is 16.1 Å². The molecule has 0 spiro atoms. The number of hydrogen-bond donors (Lipinski definition) is 1. The third-order valence-corrected chi connectivity index (χ3v) is 4.09. The Hall–Kier alpha value is -1.35. The summed E-state index contributed by atoms with van der Waals surface area (Å²) in [5, 5.41) is 1.05. The van der Waals surface area contributed by atoms with E-state index in [0.29, 0.717) is 0 Å². The SMILES string of the molecule is CCCCc1sc(-c2ccccc2N)nc1C. The summed E-state index contributed by atoms with van der Waals surface area (Å²) in [4.78, 5) is 6.03. The van der Waals surface area contributed by atoms with Gasteiger partial charge >= 0.3 is 0 Å². The van der Waals surface area contributed by atoms with Gasteiger partial charge in [-0.05, 0) is 31.9 Å². The molecule has 2 rings (SSSR count). The summed E-state index contributed by atoms with van der Waals surface area (Å²) in [6.45, 7) is 4.30. The molecule has 0 aliphatic carbocycles. The van der Waals surface area contributed by atoms with E-state index in [1.807, 2.05) is 24.3 Å². The molecule has 0 atom stereocenters. The number of nitrogens with two attached hydrogens (primary N) is 1. The molecule has 17 heavy (non-hydrogen) atoms. The van der Waals surface area contributed by atoms with Gasteiger partial charge in [-0.2, -0.15) is 0 Å². The van der Waals surface area contributed by atoms with Crippen molar-refractivity contribution in [2.24, 2.45) is 0 Å². The Kier molecular flexibility index (Phi) is 3.79. The summed E-state index contributed by atoms with van der Waals surface area (Å²) in [7, 11) is 0. The number of aryl methyl sites for hydroxylation is 2. The van der Waals surface area contributed by atoms with Crippen LogP contribution < -0.4 is 5.73 Å². The lowest BCUT2D eigenvalue weighted by atomic mass is 10.2. The quantitative estimate of drug-likeness (QED) is 0.827. The second-order valence-corrected chi connectivity index (χ2v) is 5.30. The van der Waals surface area contributed by atoms with E-state index in [1.165, 1.54) is 17.7 Å². The Balaban J connectivity index is 2.31. The van der Waals surface area contributed by atoms with Crippen molar-refractivity contribution >= 4 is 17.0 Å². The van der Waals surface area contributed by atoms with E-state index >= 15 is 0 Å². The Bertz CT molecular complexity index is 503. The molecule has 0 aliphatic heterocycles. The average Bonchev–Trinajstić information content (AvgIpc) is 2.68. The number of benzene rings is 1. The van der Waals surface area contributed by atoms with Gasteiger partial charge in [-0.25, -0.2) is 4.98 Å². The number of hydrogen-bond acceptors (Lipinski definition) is 3. The van der Waals surface area contributed by atoms with E-state index < -0.39 is 0 Å². The first-order valence-electron chi connectivity index (χ1n) is 6.03. The van der Waals surface area contributed by atoms with Gasteiger partial charge in [-0.1, -0.05) is 25.5 Å². The highest BCUT2D eigenvalue weighted by Gasteiger charge is 2.10. The highest BCUT2D eigenvalue weighted by molar-refractivity contribution is 7.15. The zero-order valence-electron chi connectivity index (χ0n) is 10.4. The second-order valence-electron chi connectivity index (χ2n) is 4.22. The molecule has 0 amide bonds. The molecule has 90 valence electrons. The monoisotopic (exact) mass is 246 g/mol. The zero-order chi connectivity index (χ0) is 12.3. The third kappa shape index (κ3) is 2.67. The summed E-state index contributed by atoms with van der Waals surface area (Å²) in [6.07, 6.45) is 3.58. The van der Waals surface area contributed by atoms with Crippen molar-refractivity contribution in [1.82, 2.24) is 4.98 Å². The first-order valence-corrected chi connectivity index (χ1v) is 6.85. The number of aromatic nitrogens is 1. The molecule has 2 nitrogen and oxygen atoms in total. The highest BCUT2D eigenvalue weighted by atomic mass is 32.1. The maximum atomic E-state index is 5.98. The van der Waals surface area contributed by atoms with E-state index in [-0.39, 0.29) is 0 Å². The van der Waals surface area contributed by atoms with Crippen LogP contribution in [0.5, 0.6) is 0 Å². The van der Waals surface area contributed by atoms with Crippen molar-refractivity contribution in [3.8, 4) is 10.6 Å². The van der Waals surface area contributed by atoms with E-state index in [1.54, 1.807) is 11.3 Å². The fraction of sp³-hybridized carbons (Fsp3) is 0.357. The van der Waals surface area contributed by atoms with Gasteiger partial charge in [0.2, 0.25) is 0 Å². The predicted octanol–water partition coefficient (Wildman–Crippen LogP) is 4.04. The van der Waals surface area contributed by atoms with Crippen LogP contribution in [0, 0.1) is 6.92 Å². The number of para-hydroxylation sites is 1. The van der Waals surface area contributed by atoms with Crippen molar-refractivity contribution in [3.63, 3.8) is 0 Å². The molecule has 0 bridgehead atoms. The number of anilines is 1. The zero-order valence-corrected chi connectivity index (χ0v) is 11.2. The van der Waals surface area contributed by atoms with Gasteiger partial charge < -0.3 is 5.73 Å². The Morgan fingerprint density at radius 3 is 2.76 bits per heavy atom.